The molecule has 2 unspecified atom stereocenters. The maximum Gasteiger partial charge on any atom is 0.338 e. The quantitative estimate of drug-likeness (QED) is 0.666. The Morgan fingerprint density at radius 1 is 0.741 bits per heavy atom. The molecule has 4 nitrogen and oxygen atoms in total. The molecule has 0 bridgehead atoms. The van der Waals surface area contributed by atoms with Gasteiger partial charge in [-0.3, -0.25) is 0 Å². The van der Waals surface area contributed by atoms with Gasteiger partial charge in [0.15, 0.2) is 0 Å². The van der Waals surface area contributed by atoms with E-state index in [2.05, 4.69) is 0 Å². The summed E-state index contributed by atoms with van der Waals surface area (Å²) in [6.07, 6.45) is -0.284. The van der Waals surface area contributed by atoms with E-state index in [4.69, 9.17) is 9.47 Å². The van der Waals surface area contributed by atoms with E-state index in [0.29, 0.717) is 17.5 Å². The Morgan fingerprint density at radius 2 is 1.11 bits per heavy atom. The monoisotopic (exact) mass is 368 g/mol. The number of benzene rings is 2. The van der Waals surface area contributed by atoms with Gasteiger partial charge in [0.1, 0.15) is 12.2 Å². The van der Waals surface area contributed by atoms with Gasteiger partial charge in [0.2, 0.25) is 0 Å². The number of aryl methyl sites for hydroxylation is 4. The molecule has 2 rings (SSSR count). The predicted octanol–water partition coefficient (Wildman–Crippen LogP) is 5.10. The molecule has 27 heavy (non-hydrogen) atoms. The van der Waals surface area contributed by atoms with Gasteiger partial charge >= 0.3 is 11.9 Å². The summed E-state index contributed by atoms with van der Waals surface area (Å²) in [5, 5.41) is 0. The predicted molar refractivity (Wildman–Crippen MR) is 106 cm³/mol. The van der Waals surface area contributed by atoms with Crippen LogP contribution < -0.4 is 0 Å². The molecule has 0 spiro atoms. The minimum Gasteiger partial charge on any atom is -0.459 e. The SMILES string of the molecule is Cc1ccc(C(=O)OC(C)CC(C)OC(=O)c2ccc(C)cc2C)c(C)c1. The van der Waals surface area contributed by atoms with Crippen LogP contribution in [-0.4, -0.2) is 24.1 Å². The number of hydrogen-bond acceptors (Lipinski definition) is 4. The van der Waals surface area contributed by atoms with Gasteiger partial charge in [0, 0.05) is 6.42 Å². The summed E-state index contributed by atoms with van der Waals surface area (Å²) in [5.74, 6) is -0.708. The van der Waals surface area contributed by atoms with Crippen molar-refractivity contribution in [2.75, 3.05) is 0 Å². The van der Waals surface area contributed by atoms with Gasteiger partial charge in [0.05, 0.1) is 11.1 Å². The Labute approximate surface area is 161 Å². The van der Waals surface area contributed by atoms with E-state index in [0.717, 1.165) is 22.3 Å². The second-order valence-corrected chi connectivity index (χ2v) is 7.30. The van der Waals surface area contributed by atoms with Crippen molar-refractivity contribution in [1.82, 2.24) is 0 Å². The molecule has 0 N–H and O–H groups in total. The highest BCUT2D eigenvalue weighted by molar-refractivity contribution is 5.91. The third kappa shape index (κ3) is 5.68. The van der Waals surface area contributed by atoms with Crippen LogP contribution in [0, 0.1) is 27.7 Å². The van der Waals surface area contributed by atoms with E-state index in [1.165, 1.54) is 0 Å². The Balaban J connectivity index is 1.92. The van der Waals surface area contributed by atoms with Gasteiger partial charge in [-0.15, -0.1) is 0 Å². The van der Waals surface area contributed by atoms with Gasteiger partial charge in [-0.05, 0) is 64.8 Å². The first-order valence-electron chi connectivity index (χ1n) is 9.24. The van der Waals surface area contributed by atoms with Crippen molar-refractivity contribution in [2.24, 2.45) is 0 Å². The highest BCUT2D eigenvalue weighted by Gasteiger charge is 2.20. The van der Waals surface area contributed by atoms with Crippen LogP contribution in [0.15, 0.2) is 36.4 Å². The van der Waals surface area contributed by atoms with Crippen LogP contribution in [0.3, 0.4) is 0 Å². The molecule has 0 aliphatic heterocycles. The highest BCUT2D eigenvalue weighted by atomic mass is 16.6. The molecule has 0 aliphatic carbocycles. The van der Waals surface area contributed by atoms with Crippen LogP contribution in [0.1, 0.15) is 63.2 Å². The Kier molecular flexibility index (Phi) is 6.78. The second-order valence-electron chi connectivity index (χ2n) is 7.30. The van der Waals surface area contributed by atoms with Gasteiger partial charge in [-0.2, -0.15) is 0 Å². The van der Waals surface area contributed by atoms with Crippen LogP contribution in [0.25, 0.3) is 0 Å². The van der Waals surface area contributed by atoms with E-state index in [1.807, 2.05) is 65.8 Å². The minimum absolute atomic E-state index is 0.354. The fourth-order valence-corrected chi connectivity index (χ4v) is 3.14. The molecule has 2 aromatic rings. The van der Waals surface area contributed by atoms with Crippen molar-refractivity contribution in [3.63, 3.8) is 0 Å². The van der Waals surface area contributed by atoms with Crippen molar-refractivity contribution < 1.29 is 19.1 Å². The van der Waals surface area contributed by atoms with E-state index in [9.17, 15) is 9.59 Å². The summed E-state index contributed by atoms with van der Waals surface area (Å²) in [6, 6.07) is 11.3. The van der Waals surface area contributed by atoms with Gasteiger partial charge in [-0.1, -0.05) is 35.4 Å². The lowest BCUT2D eigenvalue weighted by Crippen LogP contribution is -2.24. The molecule has 2 aromatic carbocycles. The zero-order valence-corrected chi connectivity index (χ0v) is 17.0. The first kappa shape index (κ1) is 20.7. The molecular formula is C23H28O4. The lowest BCUT2D eigenvalue weighted by atomic mass is 10.1. The Morgan fingerprint density at radius 3 is 1.44 bits per heavy atom. The van der Waals surface area contributed by atoms with E-state index in [1.54, 1.807) is 12.1 Å². The van der Waals surface area contributed by atoms with Crippen LogP contribution in [0.5, 0.6) is 0 Å². The molecule has 144 valence electrons. The third-order valence-electron chi connectivity index (χ3n) is 4.48. The minimum atomic E-state index is -0.361. The lowest BCUT2D eigenvalue weighted by Gasteiger charge is -2.19. The maximum atomic E-state index is 12.4. The van der Waals surface area contributed by atoms with Crippen molar-refractivity contribution in [3.8, 4) is 0 Å². The normalized spacial score (nSPS) is 13.0. The van der Waals surface area contributed by atoms with E-state index < -0.39 is 0 Å². The molecule has 4 heteroatoms. The molecule has 0 amide bonds. The summed E-state index contributed by atoms with van der Waals surface area (Å²) in [5.41, 5.74) is 5.11. The molecule has 0 saturated heterocycles. The molecule has 0 aliphatic rings. The summed E-state index contributed by atoms with van der Waals surface area (Å²) < 4.78 is 11.0. The van der Waals surface area contributed by atoms with Crippen LogP contribution in [0.4, 0.5) is 0 Å². The fourth-order valence-electron chi connectivity index (χ4n) is 3.14. The molecule has 0 saturated carbocycles. The lowest BCUT2D eigenvalue weighted by molar-refractivity contribution is 0.00758. The fraction of sp³-hybridized carbons (Fsp3) is 0.391. The van der Waals surface area contributed by atoms with Crippen molar-refractivity contribution in [1.29, 1.82) is 0 Å². The van der Waals surface area contributed by atoms with E-state index >= 15 is 0 Å². The van der Waals surface area contributed by atoms with Crippen LogP contribution >= 0.6 is 0 Å². The molecule has 0 fully saturated rings. The number of esters is 2. The third-order valence-corrected chi connectivity index (χ3v) is 4.48. The average Bonchev–Trinajstić information content (AvgIpc) is 2.53. The van der Waals surface area contributed by atoms with Gasteiger partial charge in [0.25, 0.3) is 0 Å². The average molecular weight is 368 g/mol. The number of carbonyl (C=O) groups excluding carboxylic acids is 2. The smallest absolute Gasteiger partial charge is 0.338 e. The van der Waals surface area contributed by atoms with E-state index in [-0.39, 0.29) is 24.1 Å². The van der Waals surface area contributed by atoms with Gasteiger partial charge < -0.3 is 9.47 Å². The topological polar surface area (TPSA) is 52.6 Å². The Bertz CT molecular complexity index is 769. The van der Waals surface area contributed by atoms with Crippen molar-refractivity contribution in [3.05, 3.63) is 69.8 Å². The first-order chi connectivity index (χ1) is 12.7. The summed E-state index contributed by atoms with van der Waals surface area (Å²) >= 11 is 0. The largest absolute Gasteiger partial charge is 0.459 e. The molecule has 2 atom stereocenters. The standard InChI is InChI=1S/C23H28O4/c1-14-7-9-20(16(3)11-14)22(24)26-18(5)13-19(6)27-23(25)21-10-8-15(2)12-17(21)4/h7-12,18-19H,13H2,1-6H3. The molecule has 0 radical (unpaired) electrons. The van der Waals surface area contributed by atoms with Crippen LogP contribution in [0.2, 0.25) is 0 Å². The molecule has 0 aromatic heterocycles. The molecular weight excluding hydrogens is 340 g/mol. The summed E-state index contributed by atoms with van der Waals surface area (Å²) in [7, 11) is 0. The second kappa shape index (κ2) is 8.85. The number of ether oxygens (including phenoxy) is 2. The summed E-state index contributed by atoms with van der Waals surface area (Å²) in [4.78, 5) is 24.7. The molecule has 0 heterocycles. The number of rotatable bonds is 6. The van der Waals surface area contributed by atoms with Crippen LogP contribution in [-0.2, 0) is 9.47 Å². The Hall–Kier alpha value is -2.62. The number of carbonyl (C=O) groups is 2. The number of hydrogen-bond donors (Lipinski definition) is 0. The maximum absolute atomic E-state index is 12.4. The first-order valence-corrected chi connectivity index (χ1v) is 9.24. The zero-order chi connectivity index (χ0) is 20.1. The zero-order valence-electron chi connectivity index (χ0n) is 17.0. The highest BCUT2D eigenvalue weighted by Crippen LogP contribution is 2.17. The van der Waals surface area contributed by atoms with Crippen molar-refractivity contribution >= 4 is 11.9 Å². The van der Waals surface area contributed by atoms with Crippen molar-refractivity contribution in [2.45, 2.75) is 60.2 Å². The van der Waals surface area contributed by atoms with Gasteiger partial charge in [-0.25, -0.2) is 9.59 Å². The summed E-state index contributed by atoms with van der Waals surface area (Å²) in [6.45, 7) is 11.4.